The van der Waals surface area contributed by atoms with Crippen molar-refractivity contribution < 1.29 is 13.2 Å². The second-order valence-electron chi connectivity index (χ2n) is 4.28. The molecule has 5 nitrogen and oxygen atoms in total. The molecule has 3 atom stereocenters. The molecule has 88 valence electrons. The van der Waals surface area contributed by atoms with Gasteiger partial charge in [0.2, 0.25) is 10.0 Å². The Hall–Kier alpha value is -0.170. The van der Waals surface area contributed by atoms with Crippen LogP contribution in [0.15, 0.2) is 0 Å². The Morgan fingerprint density at radius 3 is 2.60 bits per heavy atom. The highest BCUT2D eigenvalue weighted by molar-refractivity contribution is 7.90. The van der Waals surface area contributed by atoms with Crippen LogP contribution in [0.2, 0.25) is 0 Å². The molecular weight excluding hydrogens is 216 g/mol. The fraction of sp³-hybridized carbons (Fsp3) is 1.00. The zero-order valence-corrected chi connectivity index (χ0v) is 9.66. The van der Waals surface area contributed by atoms with Crippen LogP contribution in [0, 0.1) is 0 Å². The highest BCUT2D eigenvalue weighted by Gasteiger charge is 2.45. The molecule has 0 bridgehead atoms. The van der Waals surface area contributed by atoms with E-state index in [0.717, 1.165) is 19.3 Å². The number of nitrogens with two attached hydrogens (primary N) is 1. The normalized spacial score (nSPS) is 36.3. The zero-order valence-electron chi connectivity index (χ0n) is 8.85. The van der Waals surface area contributed by atoms with Gasteiger partial charge in [-0.15, -0.1) is 0 Å². The highest BCUT2D eigenvalue weighted by atomic mass is 32.2. The lowest BCUT2D eigenvalue weighted by Gasteiger charge is -2.42. The van der Waals surface area contributed by atoms with Crippen LogP contribution in [0.1, 0.15) is 26.2 Å². The molecule has 2 saturated carbocycles. The lowest BCUT2D eigenvalue weighted by Crippen LogP contribution is -2.65. The van der Waals surface area contributed by atoms with Gasteiger partial charge in [0.15, 0.2) is 0 Å². The van der Waals surface area contributed by atoms with Crippen molar-refractivity contribution in [3.8, 4) is 0 Å². The van der Waals surface area contributed by atoms with Crippen LogP contribution in [-0.2, 0) is 14.8 Å². The minimum atomic E-state index is -3.14. The van der Waals surface area contributed by atoms with Gasteiger partial charge in [0.25, 0.3) is 0 Å². The molecule has 0 aromatic rings. The number of hydrogen-bond acceptors (Lipinski definition) is 4. The molecule has 2 aliphatic carbocycles. The Bertz CT molecular complexity index is 324. The van der Waals surface area contributed by atoms with Gasteiger partial charge in [-0.1, -0.05) is 0 Å². The Labute approximate surface area is 90.4 Å². The number of ether oxygens (including phenoxy) is 1. The Kier molecular flexibility index (Phi) is 3.03. The summed E-state index contributed by atoms with van der Waals surface area (Å²) in [6, 6.07) is -0.328. The first-order valence-corrected chi connectivity index (χ1v) is 6.97. The van der Waals surface area contributed by atoms with Gasteiger partial charge in [-0.25, -0.2) is 13.1 Å². The topological polar surface area (TPSA) is 81.4 Å². The molecule has 0 amide bonds. The molecule has 0 heterocycles. The predicted octanol–water partition coefficient (Wildman–Crippen LogP) is -0.427. The van der Waals surface area contributed by atoms with Crippen molar-refractivity contribution in [2.75, 3.05) is 6.61 Å². The summed E-state index contributed by atoms with van der Waals surface area (Å²) in [6.07, 6.45) is 2.25. The third-order valence-corrected chi connectivity index (χ3v) is 4.96. The first-order valence-electron chi connectivity index (χ1n) is 5.43. The first-order chi connectivity index (χ1) is 7.04. The summed E-state index contributed by atoms with van der Waals surface area (Å²) >= 11 is 0. The van der Waals surface area contributed by atoms with Crippen LogP contribution >= 0.6 is 0 Å². The third-order valence-electron chi connectivity index (χ3n) is 3.01. The smallest absolute Gasteiger partial charge is 0.214 e. The SMILES string of the molecule is CCOC1CC(N)C1NS(=O)(=O)C1CC1. The minimum Gasteiger partial charge on any atom is -0.377 e. The van der Waals surface area contributed by atoms with Crippen LogP contribution in [0.3, 0.4) is 0 Å². The van der Waals surface area contributed by atoms with Crippen molar-refractivity contribution in [1.29, 1.82) is 0 Å². The Morgan fingerprint density at radius 1 is 1.47 bits per heavy atom. The fourth-order valence-electron chi connectivity index (χ4n) is 1.85. The largest absolute Gasteiger partial charge is 0.377 e. The number of sulfonamides is 1. The average Bonchev–Trinajstić information content (AvgIpc) is 2.98. The minimum absolute atomic E-state index is 0.0430. The predicted molar refractivity (Wildman–Crippen MR) is 56.9 cm³/mol. The molecule has 15 heavy (non-hydrogen) atoms. The maximum Gasteiger partial charge on any atom is 0.214 e. The monoisotopic (exact) mass is 234 g/mol. The van der Waals surface area contributed by atoms with Gasteiger partial charge >= 0.3 is 0 Å². The first kappa shape index (κ1) is 11.3. The molecule has 6 heteroatoms. The lowest BCUT2D eigenvalue weighted by molar-refractivity contribution is -0.0248. The fourth-order valence-corrected chi connectivity index (χ4v) is 3.51. The molecule has 0 aromatic carbocycles. The van der Waals surface area contributed by atoms with Crippen LogP contribution in [0.4, 0.5) is 0 Å². The van der Waals surface area contributed by atoms with Gasteiger partial charge in [-0.3, -0.25) is 0 Å². The van der Waals surface area contributed by atoms with Crippen molar-refractivity contribution in [3.63, 3.8) is 0 Å². The van der Waals surface area contributed by atoms with E-state index in [1.165, 1.54) is 0 Å². The molecule has 0 aromatic heterocycles. The summed E-state index contributed by atoms with van der Waals surface area (Å²) in [5.74, 6) is 0. The summed E-state index contributed by atoms with van der Waals surface area (Å²) in [5.41, 5.74) is 5.76. The summed E-state index contributed by atoms with van der Waals surface area (Å²) < 4.78 is 31.4. The van der Waals surface area contributed by atoms with Gasteiger partial charge in [0.1, 0.15) is 0 Å². The van der Waals surface area contributed by atoms with Crippen LogP contribution in [0.5, 0.6) is 0 Å². The van der Waals surface area contributed by atoms with E-state index in [2.05, 4.69) is 4.72 Å². The summed E-state index contributed by atoms with van der Waals surface area (Å²) in [4.78, 5) is 0. The van der Waals surface area contributed by atoms with E-state index < -0.39 is 10.0 Å². The Morgan fingerprint density at radius 2 is 2.13 bits per heavy atom. The van der Waals surface area contributed by atoms with E-state index in [-0.39, 0.29) is 23.4 Å². The number of hydrogen-bond donors (Lipinski definition) is 2. The van der Waals surface area contributed by atoms with E-state index in [1.54, 1.807) is 0 Å². The molecule has 0 radical (unpaired) electrons. The van der Waals surface area contributed by atoms with E-state index in [1.807, 2.05) is 6.92 Å². The average molecular weight is 234 g/mol. The zero-order chi connectivity index (χ0) is 11.1. The Balaban J connectivity index is 1.92. The van der Waals surface area contributed by atoms with Crippen LogP contribution < -0.4 is 10.5 Å². The maximum atomic E-state index is 11.7. The molecule has 3 N–H and O–H groups in total. The molecule has 0 saturated heterocycles. The van der Waals surface area contributed by atoms with Crippen LogP contribution in [0.25, 0.3) is 0 Å². The lowest BCUT2D eigenvalue weighted by atomic mass is 9.84. The van der Waals surface area contributed by atoms with Crippen LogP contribution in [-0.4, -0.2) is 38.5 Å². The standard InChI is InChI=1S/C9H18N2O3S/c1-2-14-8-5-7(10)9(8)11-15(12,13)6-3-4-6/h6-9,11H,2-5,10H2,1H3. The third kappa shape index (κ3) is 2.33. The molecule has 0 spiro atoms. The second-order valence-corrected chi connectivity index (χ2v) is 6.27. The van der Waals surface area contributed by atoms with E-state index in [9.17, 15) is 8.42 Å². The van der Waals surface area contributed by atoms with Gasteiger partial charge in [-0.05, 0) is 26.2 Å². The van der Waals surface area contributed by atoms with Gasteiger partial charge in [-0.2, -0.15) is 0 Å². The van der Waals surface area contributed by atoms with Crippen molar-refractivity contribution in [2.45, 2.75) is 49.6 Å². The van der Waals surface area contributed by atoms with Crippen molar-refractivity contribution >= 4 is 10.0 Å². The molecular formula is C9H18N2O3S. The van der Waals surface area contributed by atoms with Gasteiger partial charge in [0.05, 0.1) is 17.4 Å². The maximum absolute atomic E-state index is 11.7. The quantitative estimate of drug-likeness (QED) is 0.676. The van der Waals surface area contributed by atoms with E-state index >= 15 is 0 Å². The van der Waals surface area contributed by atoms with E-state index in [4.69, 9.17) is 10.5 Å². The molecule has 2 rings (SSSR count). The summed E-state index contributed by atoms with van der Waals surface area (Å²) in [7, 11) is -3.14. The number of nitrogens with one attached hydrogen (secondary N) is 1. The van der Waals surface area contributed by atoms with Crippen molar-refractivity contribution in [3.05, 3.63) is 0 Å². The van der Waals surface area contributed by atoms with Crippen molar-refractivity contribution in [1.82, 2.24) is 4.72 Å². The molecule has 2 aliphatic rings. The molecule has 3 unspecified atom stereocenters. The van der Waals surface area contributed by atoms with Crippen molar-refractivity contribution in [2.24, 2.45) is 5.73 Å². The van der Waals surface area contributed by atoms with E-state index in [0.29, 0.717) is 6.61 Å². The molecule has 2 fully saturated rings. The summed E-state index contributed by atoms with van der Waals surface area (Å²) in [6.45, 7) is 2.50. The summed E-state index contributed by atoms with van der Waals surface area (Å²) in [5, 5.41) is -0.187. The second kappa shape index (κ2) is 4.01. The number of rotatable bonds is 5. The van der Waals surface area contributed by atoms with Gasteiger partial charge < -0.3 is 10.5 Å². The molecule has 0 aliphatic heterocycles. The van der Waals surface area contributed by atoms with Gasteiger partial charge in [0, 0.05) is 12.6 Å². The highest BCUT2D eigenvalue weighted by Crippen LogP contribution is 2.30.